The van der Waals surface area contributed by atoms with E-state index in [4.69, 9.17) is 0 Å². The summed E-state index contributed by atoms with van der Waals surface area (Å²) >= 11 is 1.70. The molecule has 0 saturated heterocycles. The molecule has 1 aliphatic rings. The molecule has 4 nitrogen and oxygen atoms in total. The molecule has 1 aliphatic carbocycles. The third kappa shape index (κ3) is 5.58. The quantitative estimate of drug-likeness (QED) is 0.447. The summed E-state index contributed by atoms with van der Waals surface area (Å²) < 4.78 is 2.31. The molecule has 1 fully saturated rings. The average molecular weight is 325 g/mol. The van der Waals surface area contributed by atoms with Crippen LogP contribution in [0.1, 0.15) is 64.6 Å². The van der Waals surface area contributed by atoms with Crippen LogP contribution in [-0.2, 0) is 13.0 Å². The second-order valence-corrected chi connectivity index (χ2v) is 7.63. The maximum Gasteiger partial charge on any atom is 0.190 e. The third-order valence-electron chi connectivity index (χ3n) is 4.39. The summed E-state index contributed by atoms with van der Waals surface area (Å²) in [6.07, 6.45) is 12.6. The largest absolute Gasteiger partial charge is 0.314 e. The number of aryl methyl sites for hydroxylation is 1. The van der Waals surface area contributed by atoms with E-state index in [1.54, 1.807) is 11.8 Å². The first-order chi connectivity index (χ1) is 10.7. The van der Waals surface area contributed by atoms with Crippen molar-refractivity contribution in [1.29, 1.82) is 0 Å². The Morgan fingerprint density at radius 2 is 1.91 bits per heavy atom. The number of nitrogens with one attached hydrogen (secondary N) is 1. The number of hydrogen-bond acceptors (Lipinski definition) is 4. The van der Waals surface area contributed by atoms with Crippen LogP contribution >= 0.6 is 11.8 Å². The van der Waals surface area contributed by atoms with Crippen LogP contribution in [0, 0.1) is 5.92 Å². The van der Waals surface area contributed by atoms with Crippen molar-refractivity contribution in [1.82, 2.24) is 20.1 Å². The zero-order valence-corrected chi connectivity index (χ0v) is 15.3. The summed E-state index contributed by atoms with van der Waals surface area (Å²) in [6, 6.07) is 0.748. The van der Waals surface area contributed by atoms with Gasteiger partial charge in [-0.15, -0.1) is 10.2 Å². The van der Waals surface area contributed by atoms with Crippen LogP contribution in [0.2, 0.25) is 0 Å². The zero-order valence-electron chi connectivity index (χ0n) is 14.5. The molecule has 0 spiro atoms. The number of nitrogens with zero attached hydrogens (tertiary/aromatic N) is 3. The Bertz CT molecular complexity index is 422. The van der Waals surface area contributed by atoms with Crippen LogP contribution in [0.15, 0.2) is 5.16 Å². The molecule has 0 aliphatic heterocycles. The minimum Gasteiger partial charge on any atom is -0.314 e. The minimum atomic E-state index is 0.629. The summed E-state index contributed by atoms with van der Waals surface area (Å²) in [5, 5.41) is 13.5. The lowest BCUT2D eigenvalue weighted by atomic mass is 10.1. The Balaban J connectivity index is 1.77. The summed E-state index contributed by atoms with van der Waals surface area (Å²) in [4.78, 5) is 0. The van der Waals surface area contributed by atoms with Crippen LogP contribution in [0.25, 0.3) is 0 Å². The number of aromatic nitrogens is 3. The number of hydrogen-bond donors (Lipinski definition) is 1. The topological polar surface area (TPSA) is 42.7 Å². The highest BCUT2D eigenvalue weighted by molar-refractivity contribution is 7.98. The van der Waals surface area contributed by atoms with Crippen LogP contribution in [0.3, 0.4) is 0 Å². The second-order valence-electron chi connectivity index (χ2n) is 6.85. The van der Waals surface area contributed by atoms with Crippen molar-refractivity contribution in [2.75, 3.05) is 12.8 Å². The summed E-state index contributed by atoms with van der Waals surface area (Å²) in [5.74, 6) is 1.78. The van der Waals surface area contributed by atoms with E-state index >= 15 is 0 Å². The minimum absolute atomic E-state index is 0.629. The Kier molecular flexibility index (Phi) is 7.73. The van der Waals surface area contributed by atoms with Crippen molar-refractivity contribution in [3.05, 3.63) is 5.82 Å². The normalized spacial score (nSPS) is 17.1. The fourth-order valence-electron chi connectivity index (χ4n) is 3.24. The van der Waals surface area contributed by atoms with E-state index in [1.165, 1.54) is 38.5 Å². The van der Waals surface area contributed by atoms with Crippen LogP contribution in [-0.4, -0.2) is 33.6 Å². The van der Waals surface area contributed by atoms with Crippen molar-refractivity contribution in [2.45, 2.75) is 83.0 Å². The Morgan fingerprint density at radius 3 is 2.55 bits per heavy atom. The lowest BCUT2D eigenvalue weighted by molar-refractivity contribution is 0.446. The van der Waals surface area contributed by atoms with Gasteiger partial charge in [0.25, 0.3) is 0 Å². The highest BCUT2D eigenvalue weighted by Gasteiger charge is 2.13. The number of thioether (sulfide) groups is 1. The van der Waals surface area contributed by atoms with Gasteiger partial charge in [-0.2, -0.15) is 0 Å². The Hall–Kier alpha value is -0.550. The van der Waals surface area contributed by atoms with E-state index in [2.05, 4.69) is 40.2 Å². The molecule has 126 valence electrons. The fourth-order valence-corrected chi connectivity index (χ4v) is 3.76. The van der Waals surface area contributed by atoms with Gasteiger partial charge in [-0.05, 0) is 38.0 Å². The zero-order chi connectivity index (χ0) is 15.8. The molecule has 1 N–H and O–H groups in total. The third-order valence-corrected chi connectivity index (χ3v) is 5.06. The van der Waals surface area contributed by atoms with Crippen molar-refractivity contribution in [3.63, 3.8) is 0 Å². The maximum atomic E-state index is 4.40. The van der Waals surface area contributed by atoms with E-state index in [9.17, 15) is 0 Å². The van der Waals surface area contributed by atoms with Gasteiger partial charge in [0, 0.05) is 19.0 Å². The first-order valence-electron chi connectivity index (χ1n) is 8.90. The van der Waals surface area contributed by atoms with Crippen molar-refractivity contribution in [3.8, 4) is 0 Å². The first-order valence-corrected chi connectivity index (χ1v) is 10.1. The van der Waals surface area contributed by atoms with Gasteiger partial charge in [0.05, 0.1) is 0 Å². The van der Waals surface area contributed by atoms with Crippen molar-refractivity contribution in [2.24, 2.45) is 5.92 Å². The molecule has 5 heteroatoms. The van der Waals surface area contributed by atoms with Crippen molar-refractivity contribution >= 4 is 11.8 Å². The molecule has 1 aromatic rings. The van der Waals surface area contributed by atoms with Gasteiger partial charge < -0.3 is 9.88 Å². The Morgan fingerprint density at radius 1 is 1.18 bits per heavy atom. The molecule has 1 aromatic heterocycles. The lowest BCUT2D eigenvalue weighted by Gasteiger charge is -2.16. The summed E-state index contributed by atoms with van der Waals surface area (Å²) in [6.45, 7) is 6.63. The second kappa shape index (κ2) is 9.56. The molecule has 22 heavy (non-hydrogen) atoms. The standard InChI is InChI=1S/C17H32N4S/c1-14(2)13-21-16(19-20-17(21)22-3)11-8-12-18-15-9-6-4-5-7-10-15/h14-15,18H,4-13H2,1-3H3. The van der Waals surface area contributed by atoms with E-state index in [1.807, 2.05) is 0 Å². The molecule has 0 atom stereocenters. The predicted octanol–water partition coefficient (Wildman–Crippen LogP) is 3.90. The highest BCUT2D eigenvalue weighted by Crippen LogP contribution is 2.18. The SMILES string of the molecule is CSc1nnc(CCCNC2CCCCCC2)n1CC(C)C. The Labute approximate surface area is 139 Å². The fraction of sp³-hybridized carbons (Fsp3) is 0.882. The van der Waals surface area contributed by atoms with Crippen LogP contribution < -0.4 is 5.32 Å². The first kappa shape index (κ1) is 17.8. The highest BCUT2D eigenvalue weighted by atomic mass is 32.2. The molecule has 0 radical (unpaired) electrons. The van der Waals surface area contributed by atoms with E-state index < -0.39 is 0 Å². The van der Waals surface area contributed by atoms with Crippen molar-refractivity contribution < 1.29 is 0 Å². The molecular weight excluding hydrogens is 292 g/mol. The summed E-state index contributed by atoms with van der Waals surface area (Å²) in [7, 11) is 0. The maximum absolute atomic E-state index is 4.40. The average Bonchev–Trinajstić information content (AvgIpc) is 2.71. The van der Waals surface area contributed by atoms with Crippen LogP contribution in [0.4, 0.5) is 0 Å². The summed E-state index contributed by atoms with van der Waals surface area (Å²) in [5.41, 5.74) is 0. The predicted molar refractivity (Wildman–Crippen MR) is 94.5 cm³/mol. The molecule has 0 aromatic carbocycles. The molecule has 0 unspecified atom stereocenters. The van der Waals surface area contributed by atoms with Crippen LogP contribution in [0.5, 0.6) is 0 Å². The van der Waals surface area contributed by atoms with E-state index in [0.717, 1.165) is 43.0 Å². The van der Waals surface area contributed by atoms with Gasteiger partial charge in [0.2, 0.25) is 0 Å². The molecule has 1 heterocycles. The molecule has 1 saturated carbocycles. The smallest absolute Gasteiger partial charge is 0.190 e. The van der Waals surface area contributed by atoms with Gasteiger partial charge in [-0.25, -0.2) is 0 Å². The van der Waals surface area contributed by atoms with E-state index in [0.29, 0.717) is 5.92 Å². The molecule has 0 amide bonds. The molecule has 2 rings (SSSR count). The number of rotatable bonds is 8. The van der Waals surface area contributed by atoms with Gasteiger partial charge in [-0.1, -0.05) is 51.3 Å². The molecular formula is C17H32N4S. The van der Waals surface area contributed by atoms with Gasteiger partial charge in [0.15, 0.2) is 5.16 Å². The van der Waals surface area contributed by atoms with Gasteiger partial charge >= 0.3 is 0 Å². The van der Waals surface area contributed by atoms with Gasteiger partial charge in [0.1, 0.15) is 5.82 Å². The van der Waals surface area contributed by atoms with Gasteiger partial charge in [-0.3, -0.25) is 0 Å². The van der Waals surface area contributed by atoms with E-state index in [-0.39, 0.29) is 0 Å². The monoisotopic (exact) mass is 324 g/mol. The molecule has 0 bridgehead atoms. The lowest BCUT2D eigenvalue weighted by Crippen LogP contribution is -2.29.